The van der Waals surface area contributed by atoms with Crippen molar-refractivity contribution in [3.8, 4) is 0 Å². The van der Waals surface area contributed by atoms with Gasteiger partial charge in [-0.15, -0.1) is 0 Å². The molecule has 0 aromatic rings. The maximum Gasteiger partial charge on any atom is 0.249 e. The normalized spacial score (nSPS) is 20.4. The van der Waals surface area contributed by atoms with Gasteiger partial charge in [-0.25, -0.2) is 0 Å². The minimum atomic E-state index is -1.67. The molecule has 1 aliphatic heterocycles. The molecule has 0 aromatic heterocycles. The molecule has 0 bridgehead atoms. The molecule has 1 amide bonds. The lowest BCUT2D eigenvalue weighted by atomic mass is 9.98. The Bertz CT molecular complexity index is 1250. The summed E-state index contributed by atoms with van der Waals surface area (Å²) in [5.74, 6) is -0.706. The van der Waals surface area contributed by atoms with Crippen molar-refractivity contribution >= 4 is 5.91 Å². The first-order valence-electron chi connectivity index (χ1n) is 29.9. The number of ether oxygens (including phenoxy) is 2. The Morgan fingerprint density at radius 1 is 0.493 bits per heavy atom. The summed E-state index contributed by atoms with van der Waals surface area (Å²) in [4.78, 5) is 13.2. The number of carbonyl (C=O) groups is 1. The summed E-state index contributed by atoms with van der Waals surface area (Å²) in [6, 6.07) is -1.19. The van der Waals surface area contributed by atoms with Crippen LogP contribution >= 0.6 is 0 Å². The van der Waals surface area contributed by atoms with Crippen molar-refractivity contribution in [1.29, 1.82) is 0 Å². The van der Waals surface area contributed by atoms with Crippen molar-refractivity contribution in [2.24, 2.45) is 0 Å². The van der Waals surface area contributed by atoms with Crippen molar-refractivity contribution in [3.05, 3.63) is 36.5 Å². The van der Waals surface area contributed by atoms with Crippen LogP contribution < -0.4 is 5.32 Å². The second kappa shape index (κ2) is 49.2. The number of allylic oxidation sites excluding steroid dienone is 6. The van der Waals surface area contributed by atoms with Crippen LogP contribution in [0.1, 0.15) is 271 Å². The Labute approximate surface area is 435 Å². The number of aliphatic hydroxyl groups is 7. The van der Waals surface area contributed by atoms with Crippen LogP contribution in [0.25, 0.3) is 0 Å². The van der Waals surface area contributed by atoms with E-state index in [9.17, 15) is 40.5 Å². The lowest BCUT2D eigenvalue weighted by Gasteiger charge is -2.40. The lowest BCUT2D eigenvalue weighted by molar-refractivity contribution is -0.303. The molecule has 1 heterocycles. The van der Waals surface area contributed by atoms with Gasteiger partial charge in [0.05, 0.1) is 25.4 Å². The largest absolute Gasteiger partial charge is 0.394 e. The Balaban J connectivity index is 2.28. The number of amides is 1. The third kappa shape index (κ3) is 37.7. The Kier molecular flexibility index (Phi) is 46.7. The quantitative estimate of drug-likeness (QED) is 0.0215. The van der Waals surface area contributed by atoms with Gasteiger partial charge in [0.1, 0.15) is 36.6 Å². The van der Waals surface area contributed by atoms with Crippen LogP contribution in [-0.4, -0.2) is 110 Å². The predicted molar refractivity (Wildman–Crippen MR) is 293 cm³/mol. The van der Waals surface area contributed by atoms with Crippen LogP contribution in [0.15, 0.2) is 36.5 Å². The summed E-state index contributed by atoms with van der Waals surface area (Å²) < 4.78 is 11.1. The van der Waals surface area contributed by atoms with Gasteiger partial charge in [-0.1, -0.05) is 237 Å². The van der Waals surface area contributed by atoms with E-state index in [1.807, 2.05) is 0 Å². The first-order chi connectivity index (χ1) is 34.7. The molecule has 1 rings (SSSR count). The molecular formula is C60H113NO10. The molecule has 0 aromatic carbocycles. The summed E-state index contributed by atoms with van der Waals surface area (Å²) in [5, 5.41) is 76.1. The van der Waals surface area contributed by atoms with E-state index in [4.69, 9.17) is 9.47 Å². The van der Waals surface area contributed by atoms with Crippen molar-refractivity contribution in [2.45, 2.75) is 326 Å². The highest BCUT2D eigenvalue weighted by Gasteiger charge is 2.44. The maximum atomic E-state index is 13.2. The molecule has 1 saturated heterocycles. The van der Waals surface area contributed by atoms with E-state index < -0.39 is 74.2 Å². The van der Waals surface area contributed by atoms with Gasteiger partial charge in [-0.05, 0) is 70.6 Å². The zero-order chi connectivity index (χ0) is 51.8. The first-order valence-corrected chi connectivity index (χ1v) is 29.9. The standard InChI is InChI=1S/C60H113NO10/c1-3-5-7-9-11-13-15-17-19-21-22-23-24-25-26-27-28-29-30-31-32-34-36-38-40-42-44-46-48-53(64)59(69)61-51(50-70-60-58(68)57(67)56(66)54(49-62)71-60)55(65)52(63)47-45-43-41-39-37-35-33-20-18-16-14-12-10-8-6-4-2/h22-23,25-26,39,41,51-58,60,62-68H,3-21,24,27-38,40,42-50H2,1-2H3,(H,61,69)/b23-22-,26-25-,41-39+. The third-order valence-electron chi connectivity index (χ3n) is 14.4. The molecule has 1 aliphatic rings. The molecule has 11 heteroatoms. The fourth-order valence-electron chi connectivity index (χ4n) is 9.53. The molecule has 1 fully saturated rings. The van der Waals surface area contributed by atoms with Gasteiger partial charge >= 0.3 is 0 Å². The molecule has 0 radical (unpaired) electrons. The maximum absolute atomic E-state index is 13.2. The second-order valence-electron chi connectivity index (χ2n) is 21.1. The lowest BCUT2D eigenvalue weighted by Crippen LogP contribution is -2.60. The summed E-state index contributed by atoms with van der Waals surface area (Å²) in [7, 11) is 0. The number of aliphatic hydroxyl groups excluding tert-OH is 7. The van der Waals surface area contributed by atoms with Crippen molar-refractivity contribution in [1.82, 2.24) is 5.32 Å². The van der Waals surface area contributed by atoms with Crippen LogP contribution in [0.4, 0.5) is 0 Å². The molecule has 0 spiro atoms. The van der Waals surface area contributed by atoms with Gasteiger partial charge in [0.15, 0.2) is 6.29 Å². The molecule has 0 aliphatic carbocycles. The number of hydrogen-bond donors (Lipinski definition) is 8. The van der Waals surface area contributed by atoms with Gasteiger partial charge in [0, 0.05) is 0 Å². The average molecular weight is 1010 g/mol. The summed E-state index contributed by atoms with van der Waals surface area (Å²) in [5.41, 5.74) is 0. The van der Waals surface area contributed by atoms with Gasteiger partial charge in [-0.2, -0.15) is 0 Å². The Morgan fingerprint density at radius 2 is 0.873 bits per heavy atom. The van der Waals surface area contributed by atoms with Gasteiger partial charge in [0.2, 0.25) is 5.91 Å². The monoisotopic (exact) mass is 1010 g/mol. The zero-order valence-electron chi connectivity index (χ0n) is 45.7. The topological polar surface area (TPSA) is 189 Å². The van der Waals surface area contributed by atoms with Crippen LogP contribution in [0, 0.1) is 0 Å². The van der Waals surface area contributed by atoms with Crippen molar-refractivity contribution < 1.29 is 50.0 Å². The van der Waals surface area contributed by atoms with E-state index >= 15 is 0 Å². The fraction of sp³-hybridized carbons (Fsp3) is 0.883. The van der Waals surface area contributed by atoms with Gasteiger partial charge < -0.3 is 50.5 Å². The average Bonchev–Trinajstić information content (AvgIpc) is 3.37. The summed E-state index contributed by atoms with van der Waals surface area (Å²) in [6.07, 6.45) is 49.2. The number of rotatable bonds is 51. The minimum Gasteiger partial charge on any atom is -0.394 e. The second-order valence-corrected chi connectivity index (χ2v) is 21.1. The Hall–Kier alpha value is -1.67. The van der Waals surface area contributed by atoms with Gasteiger partial charge in [-0.3, -0.25) is 4.79 Å². The number of carbonyl (C=O) groups excluding carboxylic acids is 1. The van der Waals surface area contributed by atoms with Crippen molar-refractivity contribution in [2.75, 3.05) is 13.2 Å². The van der Waals surface area contributed by atoms with E-state index in [0.29, 0.717) is 12.8 Å². The van der Waals surface area contributed by atoms with E-state index in [-0.39, 0.29) is 12.8 Å². The fourth-order valence-corrected chi connectivity index (χ4v) is 9.53. The summed E-state index contributed by atoms with van der Waals surface area (Å²) in [6.45, 7) is 3.46. The molecule has 71 heavy (non-hydrogen) atoms. The van der Waals surface area contributed by atoms with E-state index in [1.54, 1.807) is 0 Å². The van der Waals surface area contributed by atoms with Gasteiger partial charge in [0.25, 0.3) is 0 Å². The highest BCUT2D eigenvalue weighted by Crippen LogP contribution is 2.23. The molecule has 0 saturated carbocycles. The highest BCUT2D eigenvalue weighted by molar-refractivity contribution is 5.80. The SMILES string of the molecule is CCCCCCCCCCC/C=C\C/C=C\CCCCCCCCCCCCCCC(O)C(=O)NC(COC1OC(CO)C(O)C(O)C1O)C(O)C(O)CCC/C=C/CCCCCCCCCCCCC. The Morgan fingerprint density at radius 3 is 1.30 bits per heavy atom. The smallest absolute Gasteiger partial charge is 0.249 e. The number of hydrogen-bond acceptors (Lipinski definition) is 10. The molecule has 11 nitrogen and oxygen atoms in total. The van der Waals surface area contributed by atoms with Crippen LogP contribution in [-0.2, 0) is 14.3 Å². The predicted octanol–water partition coefficient (Wildman–Crippen LogP) is 12.7. The zero-order valence-corrected chi connectivity index (χ0v) is 45.7. The third-order valence-corrected chi connectivity index (χ3v) is 14.4. The van der Waals surface area contributed by atoms with Crippen LogP contribution in [0.5, 0.6) is 0 Å². The molecular weight excluding hydrogens is 895 g/mol. The molecule has 8 N–H and O–H groups in total. The molecule has 9 unspecified atom stereocenters. The minimum absolute atomic E-state index is 0.253. The van der Waals surface area contributed by atoms with Crippen LogP contribution in [0.2, 0.25) is 0 Å². The number of unbranched alkanes of at least 4 members (excludes halogenated alkanes) is 33. The van der Waals surface area contributed by atoms with E-state index in [2.05, 4.69) is 55.6 Å². The van der Waals surface area contributed by atoms with Crippen LogP contribution in [0.3, 0.4) is 0 Å². The molecule has 418 valence electrons. The number of nitrogens with one attached hydrogen (secondary N) is 1. The first kappa shape index (κ1) is 67.3. The summed E-state index contributed by atoms with van der Waals surface area (Å²) >= 11 is 0. The van der Waals surface area contributed by atoms with E-state index in [1.165, 1.54) is 186 Å². The molecule has 9 atom stereocenters. The van der Waals surface area contributed by atoms with E-state index in [0.717, 1.165) is 44.9 Å². The highest BCUT2D eigenvalue weighted by atomic mass is 16.7. The van der Waals surface area contributed by atoms with Crippen molar-refractivity contribution in [3.63, 3.8) is 0 Å².